The van der Waals surface area contributed by atoms with Gasteiger partial charge in [0.25, 0.3) is 0 Å². The highest BCUT2D eigenvalue weighted by molar-refractivity contribution is 5.86. The largest absolute Gasteiger partial charge is 0.399 e. The maximum atomic E-state index is 10.2. The first-order valence-electron chi connectivity index (χ1n) is 8.61. The molecule has 0 spiro atoms. The van der Waals surface area contributed by atoms with E-state index >= 15 is 0 Å². The molecule has 2 rings (SSSR count). The number of aliphatic hydroxyl groups is 3. The summed E-state index contributed by atoms with van der Waals surface area (Å²) in [5, 5.41) is 35.6. The van der Waals surface area contributed by atoms with Gasteiger partial charge in [0.1, 0.15) is 0 Å². The highest BCUT2D eigenvalue weighted by Crippen LogP contribution is 2.15. The number of rotatable bonds is 10. The van der Waals surface area contributed by atoms with Gasteiger partial charge in [-0.15, -0.1) is 49.6 Å². The normalized spacial score (nSPS) is 12.8. The molecule has 0 fully saturated rings. The van der Waals surface area contributed by atoms with Gasteiger partial charge in [-0.25, -0.2) is 0 Å². The van der Waals surface area contributed by atoms with E-state index < -0.39 is 6.10 Å². The van der Waals surface area contributed by atoms with E-state index in [0.29, 0.717) is 24.5 Å². The van der Waals surface area contributed by atoms with Gasteiger partial charge in [-0.05, 0) is 35.4 Å². The summed E-state index contributed by atoms with van der Waals surface area (Å²) < 4.78 is 0. The monoisotopic (exact) mass is 504 g/mol. The van der Waals surface area contributed by atoms with E-state index in [2.05, 4.69) is 10.6 Å². The predicted octanol–water partition coefficient (Wildman–Crippen LogP) is 1.85. The number of nitrogens with two attached hydrogens (primary N) is 2. The molecule has 2 atom stereocenters. The molecule has 0 aromatic heterocycles. The fourth-order valence-electron chi connectivity index (χ4n) is 2.66. The molecule has 0 radical (unpaired) electrons. The minimum absolute atomic E-state index is 0. The van der Waals surface area contributed by atoms with Crippen molar-refractivity contribution in [2.45, 2.75) is 18.2 Å². The van der Waals surface area contributed by atoms with E-state index in [9.17, 15) is 15.3 Å². The van der Waals surface area contributed by atoms with Crippen molar-refractivity contribution in [1.29, 1.82) is 0 Å². The van der Waals surface area contributed by atoms with E-state index in [-0.39, 0.29) is 74.9 Å². The Bertz CT molecular complexity index is 608. The predicted molar refractivity (Wildman–Crippen MR) is 132 cm³/mol. The van der Waals surface area contributed by atoms with Crippen LogP contribution in [0.15, 0.2) is 48.5 Å². The molecule has 2 aromatic carbocycles. The Hall–Kier alpha value is -1.00. The molecular weight excluding hydrogens is 474 g/mol. The molecule has 0 saturated carbocycles. The highest BCUT2D eigenvalue weighted by atomic mass is 35.5. The minimum atomic E-state index is -0.680. The Morgan fingerprint density at radius 3 is 1.20 bits per heavy atom. The van der Waals surface area contributed by atoms with Crippen molar-refractivity contribution in [3.8, 4) is 0 Å². The molecule has 0 aliphatic rings. The molecule has 174 valence electrons. The summed E-state index contributed by atoms with van der Waals surface area (Å²) in [6, 6.07) is 13.9. The molecule has 0 bridgehead atoms. The van der Waals surface area contributed by atoms with Crippen molar-refractivity contribution < 1.29 is 15.3 Å². The average Bonchev–Trinajstić information content (AvgIpc) is 2.65. The molecule has 2 aromatic rings. The second kappa shape index (κ2) is 17.7. The van der Waals surface area contributed by atoms with Gasteiger partial charge in [0, 0.05) is 24.5 Å². The summed E-state index contributed by atoms with van der Waals surface area (Å²) in [5.41, 5.74) is 14.5. The third-order valence-electron chi connectivity index (χ3n) is 4.24. The summed E-state index contributed by atoms with van der Waals surface area (Å²) in [6.45, 7) is 0.411. The molecule has 0 saturated heterocycles. The van der Waals surface area contributed by atoms with Gasteiger partial charge in [-0.3, -0.25) is 0 Å². The number of nitrogen functional groups attached to an aromatic ring is 2. The van der Waals surface area contributed by atoms with Gasteiger partial charge < -0.3 is 37.4 Å². The molecule has 7 nitrogen and oxygen atoms in total. The van der Waals surface area contributed by atoms with Crippen LogP contribution in [0.1, 0.15) is 23.2 Å². The van der Waals surface area contributed by atoms with Crippen LogP contribution in [-0.4, -0.2) is 47.7 Å². The molecule has 0 heterocycles. The van der Waals surface area contributed by atoms with Crippen LogP contribution in [0.4, 0.5) is 11.4 Å². The van der Waals surface area contributed by atoms with Crippen molar-refractivity contribution in [1.82, 2.24) is 10.6 Å². The Morgan fingerprint density at radius 2 is 0.933 bits per heavy atom. The molecular formula is C19H32Cl4N4O3. The number of anilines is 2. The lowest BCUT2D eigenvalue weighted by Gasteiger charge is -2.22. The number of halogens is 4. The number of hydrogen-bond donors (Lipinski definition) is 7. The number of hydrogen-bond acceptors (Lipinski definition) is 7. The zero-order chi connectivity index (χ0) is 18.9. The van der Waals surface area contributed by atoms with Gasteiger partial charge in [-0.2, -0.15) is 0 Å². The fraction of sp³-hybridized carbons (Fsp3) is 0.368. The van der Waals surface area contributed by atoms with Crippen molar-refractivity contribution in [2.75, 3.05) is 37.8 Å². The molecule has 0 aliphatic carbocycles. The Labute approximate surface area is 202 Å². The topological polar surface area (TPSA) is 137 Å². The Morgan fingerprint density at radius 1 is 0.633 bits per heavy atom. The van der Waals surface area contributed by atoms with Gasteiger partial charge in [-0.1, -0.05) is 24.3 Å². The third-order valence-corrected chi connectivity index (χ3v) is 4.24. The summed E-state index contributed by atoms with van der Waals surface area (Å²) in [5.74, 6) is 0. The zero-order valence-corrected chi connectivity index (χ0v) is 19.6. The summed E-state index contributed by atoms with van der Waals surface area (Å²) in [4.78, 5) is 0. The lowest BCUT2D eigenvalue weighted by molar-refractivity contribution is 0.144. The van der Waals surface area contributed by atoms with Gasteiger partial charge in [0.05, 0.1) is 31.4 Å². The molecule has 11 heteroatoms. The van der Waals surface area contributed by atoms with Gasteiger partial charge in [0.2, 0.25) is 0 Å². The van der Waals surface area contributed by atoms with Crippen molar-refractivity contribution >= 4 is 61.0 Å². The van der Waals surface area contributed by atoms with E-state index in [4.69, 9.17) is 11.5 Å². The van der Waals surface area contributed by atoms with Crippen LogP contribution >= 0.6 is 49.6 Å². The maximum Gasteiger partial charge on any atom is 0.0789 e. The Kier molecular flexibility index (Phi) is 19.8. The third kappa shape index (κ3) is 10.9. The zero-order valence-electron chi connectivity index (χ0n) is 16.3. The Balaban J connectivity index is -0.00000182. The molecule has 0 amide bonds. The van der Waals surface area contributed by atoms with Crippen LogP contribution in [0.3, 0.4) is 0 Å². The summed E-state index contributed by atoms with van der Waals surface area (Å²) in [6.07, 6.45) is -0.680. The molecule has 0 aliphatic heterocycles. The molecule has 30 heavy (non-hydrogen) atoms. The minimum Gasteiger partial charge on any atom is -0.399 e. The summed E-state index contributed by atoms with van der Waals surface area (Å²) >= 11 is 0. The quantitative estimate of drug-likeness (QED) is 0.245. The highest BCUT2D eigenvalue weighted by Gasteiger charge is 2.15. The second-order valence-electron chi connectivity index (χ2n) is 6.27. The van der Waals surface area contributed by atoms with Crippen LogP contribution in [0.25, 0.3) is 0 Å². The fourth-order valence-corrected chi connectivity index (χ4v) is 2.66. The van der Waals surface area contributed by atoms with Crippen LogP contribution in [-0.2, 0) is 0 Å². The van der Waals surface area contributed by atoms with Crippen molar-refractivity contribution in [2.24, 2.45) is 0 Å². The number of benzene rings is 2. The van der Waals surface area contributed by atoms with Gasteiger partial charge in [0.15, 0.2) is 0 Å². The van der Waals surface area contributed by atoms with E-state index in [1.54, 1.807) is 24.3 Å². The first-order chi connectivity index (χ1) is 12.5. The van der Waals surface area contributed by atoms with Crippen LogP contribution in [0, 0.1) is 0 Å². The van der Waals surface area contributed by atoms with Crippen molar-refractivity contribution in [3.05, 3.63) is 59.7 Å². The lowest BCUT2D eigenvalue weighted by atomic mass is 10.1. The SMILES string of the molecule is Cl.Cl.Cl.Cl.Nc1ccc(C(CO)NCC(O)CNC(CO)c2ccc(N)cc2)cc1. The first-order valence-corrected chi connectivity index (χ1v) is 8.61. The lowest BCUT2D eigenvalue weighted by Crippen LogP contribution is -2.39. The number of nitrogens with one attached hydrogen (secondary N) is 2. The van der Waals surface area contributed by atoms with E-state index in [1.165, 1.54) is 0 Å². The first kappa shape index (κ1) is 33.6. The van der Waals surface area contributed by atoms with E-state index in [1.807, 2.05) is 24.3 Å². The summed E-state index contributed by atoms with van der Waals surface area (Å²) in [7, 11) is 0. The van der Waals surface area contributed by atoms with Crippen molar-refractivity contribution in [3.63, 3.8) is 0 Å². The average molecular weight is 506 g/mol. The molecule has 2 unspecified atom stereocenters. The van der Waals surface area contributed by atoms with Crippen LogP contribution < -0.4 is 22.1 Å². The van der Waals surface area contributed by atoms with E-state index in [0.717, 1.165) is 11.1 Å². The number of aliphatic hydroxyl groups excluding tert-OH is 3. The maximum absolute atomic E-state index is 10.2. The standard InChI is InChI=1S/C19H28N4O3.4ClH/c20-15-5-1-13(2-6-15)18(11-24)22-9-17(26)10-23-19(12-25)14-3-7-16(21)8-4-14;;;;/h1-8,17-19,22-26H,9-12,20-21H2;4*1H. The van der Waals surface area contributed by atoms with Gasteiger partial charge >= 0.3 is 0 Å². The second-order valence-corrected chi connectivity index (χ2v) is 6.27. The van der Waals surface area contributed by atoms with Crippen LogP contribution in [0.2, 0.25) is 0 Å². The molecule has 9 N–H and O–H groups in total. The van der Waals surface area contributed by atoms with Crippen LogP contribution in [0.5, 0.6) is 0 Å². The smallest absolute Gasteiger partial charge is 0.0789 e.